The molecule has 2 aliphatic rings. The number of hydrogen-bond donors (Lipinski definition) is 2. The molecular formula is C16H21ClN4O2. The van der Waals surface area contributed by atoms with Crippen LogP contribution in [0.1, 0.15) is 12.5 Å². The van der Waals surface area contributed by atoms with Crippen LogP contribution in [0.3, 0.4) is 0 Å². The van der Waals surface area contributed by atoms with Crippen molar-refractivity contribution in [3.05, 3.63) is 30.0 Å². The van der Waals surface area contributed by atoms with Gasteiger partial charge >= 0.3 is 0 Å². The molecule has 2 aliphatic heterocycles. The lowest BCUT2D eigenvalue weighted by Gasteiger charge is -2.15. The predicted octanol–water partition coefficient (Wildman–Crippen LogP) is 2.01. The molecule has 3 heterocycles. The van der Waals surface area contributed by atoms with E-state index in [0.29, 0.717) is 5.92 Å². The third kappa shape index (κ3) is 3.02. The number of hydrogen-bond acceptors (Lipinski definition) is 5. The number of rotatable bonds is 3. The summed E-state index contributed by atoms with van der Waals surface area (Å²) in [4.78, 5) is 2.39. The lowest BCUT2D eigenvalue weighted by atomic mass is 10.1. The molecule has 0 amide bonds. The highest BCUT2D eigenvalue weighted by molar-refractivity contribution is 5.85. The number of H-pyrrole nitrogens is 1. The van der Waals surface area contributed by atoms with Gasteiger partial charge in [-0.15, -0.1) is 12.4 Å². The molecule has 0 bridgehead atoms. The number of fused-ring (bicyclic) bond motifs is 1. The largest absolute Gasteiger partial charge is 0.454 e. The Kier molecular flexibility index (Phi) is 4.48. The second-order valence-electron chi connectivity index (χ2n) is 6.17. The van der Waals surface area contributed by atoms with E-state index >= 15 is 0 Å². The van der Waals surface area contributed by atoms with E-state index in [-0.39, 0.29) is 25.2 Å². The van der Waals surface area contributed by atoms with Crippen molar-refractivity contribution in [1.29, 1.82) is 0 Å². The number of likely N-dealkylation sites (tertiary alicyclic amines) is 1. The van der Waals surface area contributed by atoms with Gasteiger partial charge in [-0.3, -0.25) is 10.00 Å². The van der Waals surface area contributed by atoms with Crippen molar-refractivity contribution >= 4 is 12.4 Å². The van der Waals surface area contributed by atoms with Crippen LogP contribution in [-0.2, 0) is 6.54 Å². The number of aromatic amines is 1. The van der Waals surface area contributed by atoms with Crippen LogP contribution in [0.15, 0.2) is 24.4 Å². The number of nitrogens with two attached hydrogens (primary N) is 1. The van der Waals surface area contributed by atoms with Crippen LogP contribution in [0.25, 0.3) is 11.3 Å². The van der Waals surface area contributed by atoms with Crippen molar-refractivity contribution in [3.63, 3.8) is 0 Å². The van der Waals surface area contributed by atoms with Crippen molar-refractivity contribution in [3.8, 4) is 22.8 Å². The maximum absolute atomic E-state index is 6.11. The van der Waals surface area contributed by atoms with Gasteiger partial charge in [-0.1, -0.05) is 6.92 Å². The molecule has 1 saturated heterocycles. The number of halogens is 1. The lowest BCUT2D eigenvalue weighted by Crippen LogP contribution is -2.28. The van der Waals surface area contributed by atoms with Crippen molar-refractivity contribution in [2.75, 3.05) is 19.9 Å². The summed E-state index contributed by atoms with van der Waals surface area (Å²) in [6, 6.07) is 6.23. The second kappa shape index (κ2) is 6.39. The highest BCUT2D eigenvalue weighted by Gasteiger charge is 2.27. The fourth-order valence-electron chi connectivity index (χ4n) is 3.20. The van der Waals surface area contributed by atoms with E-state index in [4.69, 9.17) is 15.2 Å². The molecule has 0 spiro atoms. The number of nitrogens with zero attached hydrogens (tertiary/aromatic N) is 2. The summed E-state index contributed by atoms with van der Waals surface area (Å²) < 4.78 is 10.8. The Morgan fingerprint density at radius 2 is 2.13 bits per heavy atom. The maximum Gasteiger partial charge on any atom is 0.231 e. The minimum absolute atomic E-state index is 0. The molecule has 7 heteroatoms. The minimum atomic E-state index is 0. The molecule has 1 fully saturated rings. The zero-order chi connectivity index (χ0) is 15.1. The van der Waals surface area contributed by atoms with Gasteiger partial charge in [0.1, 0.15) is 0 Å². The first kappa shape index (κ1) is 16.1. The Bertz CT molecular complexity index is 680. The summed E-state index contributed by atoms with van der Waals surface area (Å²) in [6.45, 7) is 5.33. The van der Waals surface area contributed by atoms with Crippen molar-refractivity contribution in [2.24, 2.45) is 11.7 Å². The molecule has 0 radical (unpaired) electrons. The SMILES string of the molecule is CC1CN(Cc2cn[nH]c2-c2ccc3c(c2)OCO3)CC1N.Cl. The number of benzene rings is 1. The quantitative estimate of drug-likeness (QED) is 0.896. The van der Waals surface area contributed by atoms with E-state index in [1.165, 1.54) is 5.56 Å². The van der Waals surface area contributed by atoms with Gasteiger partial charge in [0.2, 0.25) is 6.79 Å². The molecule has 3 N–H and O–H groups in total. The molecule has 1 aromatic heterocycles. The Labute approximate surface area is 141 Å². The molecule has 1 aromatic carbocycles. The van der Waals surface area contributed by atoms with Gasteiger partial charge in [-0.05, 0) is 24.1 Å². The van der Waals surface area contributed by atoms with Crippen LogP contribution < -0.4 is 15.2 Å². The maximum atomic E-state index is 6.11. The zero-order valence-corrected chi connectivity index (χ0v) is 13.8. The summed E-state index contributed by atoms with van der Waals surface area (Å²) in [5, 5.41) is 7.32. The molecule has 124 valence electrons. The molecule has 2 atom stereocenters. The van der Waals surface area contributed by atoms with Gasteiger partial charge in [-0.25, -0.2) is 0 Å². The van der Waals surface area contributed by atoms with E-state index < -0.39 is 0 Å². The Morgan fingerprint density at radius 3 is 2.91 bits per heavy atom. The fourth-order valence-corrected chi connectivity index (χ4v) is 3.20. The summed E-state index contributed by atoms with van der Waals surface area (Å²) >= 11 is 0. The summed E-state index contributed by atoms with van der Waals surface area (Å²) in [7, 11) is 0. The smallest absolute Gasteiger partial charge is 0.231 e. The highest BCUT2D eigenvalue weighted by atomic mass is 35.5. The molecule has 0 aliphatic carbocycles. The molecular weight excluding hydrogens is 316 g/mol. The normalized spacial score (nSPS) is 23.0. The second-order valence-corrected chi connectivity index (χ2v) is 6.17. The van der Waals surface area contributed by atoms with Crippen LogP contribution in [0.5, 0.6) is 11.5 Å². The van der Waals surface area contributed by atoms with Crippen LogP contribution in [0.4, 0.5) is 0 Å². The van der Waals surface area contributed by atoms with Crippen LogP contribution in [-0.4, -0.2) is 41.0 Å². The van der Waals surface area contributed by atoms with E-state index in [2.05, 4.69) is 22.0 Å². The van der Waals surface area contributed by atoms with E-state index in [0.717, 1.165) is 42.4 Å². The summed E-state index contributed by atoms with van der Waals surface area (Å²) in [5.41, 5.74) is 9.39. The predicted molar refractivity (Wildman–Crippen MR) is 89.8 cm³/mol. The number of nitrogens with one attached hydrogen (secondary N) is 1. The average Bonchev–Trinajstić information content (AvgIpc) is 3.20. The van der Waals surface area contributed by atoms with E-state index in [9.17, 15) is 0 Å². The third-order valence-corrected chi connectivity index (χ3v) is 4.52. The van der Waals surface area contributed by atoms with Gasteiger partial charge in [0.15, 0.2) is 11.5 Å². The van der Waals surface area contributed by atoms with Crippen LogP contribution >= 0.6 is 12.4 Å². The van der Waals surface area contributed by atoms with E-state index in [1.807, 2.05) is 24.4 Å². The standard InChI is InChI=1S/C16H20N4O2.ClH/c1-10-6-20(8-13(10)17)7-12-5-18-19-16(12)11-2-3-14-15(4-11)22-9-21-14;/h2-5,10,13H,6-9,17H2,1H3,(H,18,19);1H. The van der Waals surface area contributed by atoms with Gasteiger partial charge in [-0.2, -0.15) is 5.10 Å². The Morgan fingerprint density at radius 1 is 1.30 bits per heavy atom. The van der Waals surface area contributed by atoms with Crippen LogP contribution in [0.2, 0.25) is 0 Å². The molecule has 23 heavy (non-hydrogen) atoms. The van der Waals surface area contributed by atoms with Gasteiger partial charge < -0.3 is 15.2 Å². The highest BCUT2D eigenvalue weighted by Crippen LogP contribution is 2.36. The molecule has 4 rings (SSSR count). The molecule has 2 aromatic rings. The topological polar surface area (TPSA) is 76.4 Å². The Hall–Kier alpha value is -1.76. The van der Waals surface area contributed by atoms with Gasteiger partial charge in [0.25, 0.3) is 0 Å². The first-order valence-corrected chi connectivity index (χ1v) is 7.61. The zero-order valence-electron chi connectivity index (χ0n) is 13.0. The van der Waals surface area contributed by atoms with Crippen molar-refractivity contribution in [1.82, 2.24) is 15.1 Å². The lowest BCUT2D eigenvalue weighted by molar-refractivity contribution is 0.174. The first-order valence-electron chi connectivity index (χ1n) is 7.61. The van der Waals surface area contributed by atoms with Crippen molar-refractivity contribution < 1.29 is 9.47 Å². The molecule has 6 nitrogen and oxygen atoms in total. The Balaban J connectivity index is 0.00000156. The summed E-state index contributed by atoms with van der Waals surface area (Å²) in [5.74, 6) is 2.12. The average molecular weight is 337 g/mol. The van der Waals surface area contributed by atoms with E-state index in [1.54, 1.807) is 0 Å². The summed E-state index contributed by atoms with van der Waals surface area (Å²) in [6.07, 6.45) is 1.90. The minimum Gasteiger partial charge on any atom is -0.454 e. The fraction of sp³-hybridized carbons (Fsp3) is 0.438. The molecule has 2 unspecified atom stereocenters. The molecule has 0 saturated carbocycles. The van der Waals surface area contributed by atoms with Gasteiger partial charge in [0, 0.05) is 36.8 Å². The monoisotopic (exact) mass is 336 g/mol. The van der Waals surface area contributed by atoms with Crippen LogP contribution in [0, 0.1) is 5.92 Å². The van der Waals surface area contributed by atoms with Gasteiger partial charge in [0.05, 0.1) is 11.9 Å². The third-order valence-electron chi connectivity index (χ3n) is 4.52. The number of ether oxygens (including phenoxy) is 2. The van der Waals surface area contributed by atoms with Crippen molar-refractivity contribution in [2.45, 2.75) is 19.5 Å². The first-order chi connectivity index (χ1) is 10.7. The number of aromatic nitrogens is 2.